The van der Waals surface area contributed by atoms with Crippen LogP contribution in [0.1, 0.15) is 71.7 Å². The number of aliphatic hydroxyl groups is 2. The van der Waals surface area contributed by atoms with Crippen molar-refractivity contribution in [2.24, 2.45) is 17.8 Å². The third-order valence-corrected chi connectivity index (χ3v) is 9.66. The summed E-state index contributed by atoms with van der Waals surface area (Å²) in [5.74, 6) is -2.95. The van der Waals surface area contributed by atoms with E-state index in [2.05, 4.69) is 5.32 Å². The lowest BCUT2D eigenvalue weighted by Crippen LogP contribution is -2.59. The second-order valence-corrected chi connectivity index (χ2v) is 14.1. The highest BCUT2D eigenvalue weighted by molar-refractivity contribution is 5.97. The molecule has 2 heterocycles. The van der Waals surface area contributed by atoms with Gasteiger partial charge in [-0.1, -0.05) is 40.7 Å². The average Bonchev–Trinajstić information content (AvgIpc) is 3.00. The summed E-state index contributed by atoms with van der Waals surface area (Å²) in [6.07, 6.45) is -3.64. The molecule has 1 aromatic carbocycles. The molecular formula is C35H58N4O8. The minimum atomic E-state index is -1.56. The van der Waals surface area contributed by atoms with E-state index in [-0.39, 0.29) is 36.9 Å². The molecule has 0 unspecified atom stereocenters. The maximum Gasteiger partial charge on any atom is 0.320 e. The SMILES string of the molecule is CCN(CC)CC(=O)O[C@H]1[C@H](C)[C@@H](O[C@@H]2O[C@H](C)C[C@H](N(C)C)[C@H]2O)[C@](C)(O)C[C@@H](C)CN(C)C(=O)c2cccc(c2)NC(=O)[C@@H]1C. The molecule has 3 rings (SSSR count). The first-order valence-corrected chi connectivity index (χ1v) is 16.9. The number of fused-ring (bicyclic) bond motifs is 2. The van der Waals surface area contributed by atoms with Crippen molar-refractivity contribution in [2.45, 2.75) is 104 Å². The van der Waals surface area contributed by atoms with Crippen LogP contribution in [0.3, 0.4) is 0 Å². The van der Waals surface area contributed by atoms with Gasteiger partial charge in [0.05, 0.1) is 30.3 Å². The number of esters is 1. The van der Waals surface area contributed by atoms with E-state index >= 15 is 0 Å². The third-order valence-electron chi connectivity index (χ3n) is 9.66. The fourth-order valence-corrected chi connectivity index (χ4v) is 7.08. The summed E-state index contributed by atoms with van der Waals surface area (Å²) in [7, 11) is 5.47. The molecule has 2 aliphatic rings. The number of nitrogens with one attached hydrogen (secondary N) is 1. The van der Waals surface area contributed by atoms with Gasteiger partial charge in [0.15, 0.2) is 6.29 Å². The van der Waals surface area contributed by atoms with E-state index in [9.17, 15) is 24.6 Å². The van der Waals surface area contributed by atoms with E-state index in [1.165, 1.54) is 0 Å². The van der Waals surface area contributed by atoms with Gasteiger partial charge in [0.2, 0.25) is 5.91 Å². The molecule has 12 nitrogen and oxygen atoms in total. The summed E-state index contributed by atoms with van der Waals surface area (Å²) in [6.45, 7) is 14.5. The number of rotatable bonds is 8. The lowest BCUT2D eigenvalue weighted by Gasteiger charge is -2.47. The van der Waals surface area contributed by atoms with Crippen LogP contribution in [0.15, 0.2) is 24.3 Å². The standard InChI is InChI=1S/C35H58N4O8/c1-11-39(12-2)20-28(40)46-30-23(5)31(47-34-29(41)27(37(8)9)16-22(4)45-34)35(7,44)18-21(3)19-38(10)33(43)25-14-13-15-26(17-25)36-32(42)24(30)6/h13-15,17,21-24,27,29-31,34,41,44H,11-12,16,18-20H2,1-10H3,(H,36,42)/t21-,22-,23+,24-,27+,29-,30+,31-,34+,35-/m1/s1. The number of carbonyl (C=O) groups is 3. The number of ether oxygens (including phenoxy) is 3. The molecule has 0 aliphatic carbocycles. The number of hydrogen-bond acceptors (Lipinski definition) is 10. The highest BCUT2D eigenvalue weighted by Gasteiger charge is 2.49. The maximum absolute atomic E-state index is 13.8. The fraction of sp³-hybridized carbons (Fsp3) is 0.743. The number of carbonyl (C=O) groups excluding carboxylic acids is 3. The van der Waals surface area contributed by atoms with E-state index in [0.29, 0.717) is 37.3 Å². The van der Waals surface area contributed by atoms with Crippen LogP contribution in [-0.2, 0) is 23.8 Å². The minimum Gasteiger partial charge on any atom is -0.460 e. The molecule has 1 fully saturated rings. The molecule has 266 valence electrons. The molecular weight excluding hydrogens is 604 g/mol. The van der Waals surface area contributed by atoms with Gasteiger partial charge in [0, 0.05) is 36.8 Å². The number of amides is 2. The van der Waals surface area contributed by atoms with Gasteiger partial charge in [0.1, 0.15) is 12.2 Å². The zero-order valence-electron chi connectivity index (χ0n) is 29.9. The number of likely N-dealkylation sites (N-methyl/N-ethyl adjacent to an activating group) is 2. The molecule has 0 aromatic heterocycles. The van der Waals surface area contributed by atoms with Gasteiger partial charge < -0.3 is 39.5 Å². The normalized spacial score (nSPS) is 34.5. The second-order valence-electron chi connectivity index (χ2n) is 14.1. The van der Waals surface area contributed by atoms with Crippen molar-refractivity contribution in [1.29, 1.82) is 0 Å². The van der Waals surface area contributed by atoms with Crippen LogP contribution in [0.4, 0.5) is 5.69 Å². The lowest BCUT2D eigenvalue weighted by atomic mass is 9.77. The molecule has 2 bridgehead atoms. The Hall–Kier alpha value is -2.61. The Bertz CT molecular complexity index is 1210. The van der Waals surface area contributed by atoms with E-state index < -0.39 is 53.9 Å². The summed E-state index contributed by atoms with van der Waals surface area (Å²) in [5, 5.41) is 26.5. The second kappa shape index (κ2) is 16.7. The summed E-state index contributed by atoms with van der Waals surface area (Å²) < 4.78 is 18.9. The summed E-state index contributed by atoms with van der Waals surface area (Å²) in [4.78, 5) is 46.0. The lowest BCUT2D eigenvalue weighted by molar-refractivity contribution is -0.299. The van der Waals surface area contributed by atoms with Crippen molar-refractivity contribution in [3.05, 3.63) is 29.8 Å². The minimum absolute atomic E-state index is 0.0342. The number of aliphatic hydroxyl groups excluding tert-OH is 1. The highest BCUT2D eigenvalue weighted by Crippen LogP contribution is 2.36. The number of hydrogen-bond donors (Lipinski definition) is 3. The molecule has 1 aromatic rings. The Morgan fingerprint density at radius 2 is 1.81 bits per heavy atom. The van der Waals surface area contributed by atoms with Crippen molar-refractivity contribution < 1.29 is 38.8 Å². The number of nitrogens with zero attached hydrogens (tertiary/aromatic N) is 3. The van der Waals surface area contributed by atoms with Crippen LogP contribution in [0, 0.1) is 17.8 Å². The van der Waals surface area contributed by atoms with Crippen LogP contribution in [0.5, 0.6) is 0 Å². The van der Waals surface area contributed by atoms with Gasteiger partial charge in [0.25, 0.3) is 5.91 Å². The van der Waals surface area contributed by atoms with E-state index in [4.69, 9.17) is 14.2 Å². The van der Waals surface area contributed by atoms with Crippen LogP contribution >= 0.6 is 0 Å². The van der Waals surface area contributed by atoms with Gasteiger partial charge in [-0.05, 0) is 78.0 Å². The van der Waals surface area contributed by atoms with Crippen LogP contribution in [0.2, 0.25) is 0 Å². The quantitative estimate of drug-likeness (QED) is 0.356. The Morgan fingerprint density at radius 3 is 2.43 bits per heavy atom. The summed E-state index contributed by atoms with van der Waals surface area (Å²) in [6, 6.07) is 6.47. The Kier molecular flexibility index (Phi) is 13.8. The van der Waals surface area contributed by atoms with E-state index in [1.807, 2.05) is 51.6 Å². The molecule has 10 atom stereocenters. The Labute approximate surface area is 280 Å². The van der Waals surface area contributed by atoms with Gasteiger partial charge in [-0.15, -0.1) is 0 Å². The largest absolute Gasteiger partial charge is 0.460 e. The van der Waals surface area contributed by atoms with Gasteiger partial charge in [-0.3, -0.25) is 19.3 Å². The predicted molar refractivity (Wildman–Crippen MR) is 180 cm³/mol. The third kappa shape index (κ3) is 9.96. The van der Waals surface area contributed by atoms with Crippen LogP contribution in [0.25, 0.3) is 0 Å². The monoisotopic (exact) mass is 662 g/mol. The molecule has 47 heavy (non-hydrogen) atoms. The molecule has 3 N–H and O–H groups in total. The van der Waals surface area contributed by atoms with Gasteiger partial charge in [-0.25, -0.2) is 0 Å². The smallest absolute Gasteiger partial charge is 0.320 e. The highest BCUT2D eigenvalue weighted by atomic mass is 16.7. The molecule has 2 aliphatic heterocycles. The number of anilines is 1. The predicted octanol–water partition coefficient (Wildman–Crippen LogP) is 2.82. The Balaban J connectivity index is 2.11. The molecule has 0 radical (unpaired) electrons. The molecule has 0 saturated carbocycles. The first kappa shape index (κ1) is 38.8. The van der Waals surface area contributed by atoms with E-state index in [0.717, 1.165) is 0 Å². The van der Waals surface area contributed by atoms with Crippen molar-refractivity contribution in [1.82, 2.24) is 14.7 Å². The summed E-state index contributed by atoms with van der Waals surface area (Å²) in [5.41, 5.74) is -0.707. The van der Waals surface area contributed by atoms with E-state index in [1.54, 1.807) is 57.0 Å². The molecule has 0 spiro atoms. The average molecular weight is 663 g/mol. The van der Waals surface area contributed by atoms with Crippen molar-refractivity contribution in [2.75, 3.05) is 52.6 Å². The first-order chi connectivity index (χ1) is 22.0. The zero-order chi connectivity index (χ0) is 35.2. The zero-order valence-corrected chi connectivity index (χ0v) is 29.9. The van der Waals surface area contributed by atoms with Gasteiger partial charge >= 0.3 is 5.97 Å². The van der Waals surface area contributed by atoms with Crippen LogP contribution < -0.4 is 5.32 Å². The molecule has 2 amide bonds. The molecule has 12 heteroatoms. The maximum atomic E-state index is 13.8. The van der Waals surface area contributed by atoms with Gasteiger partial charge in [-0.2, -0.15) is 0 Å². The molecule has 1 saturated heterocycles. The van der Waals surface area contributed by atoms with Crippen molar-refractivity contribution >= 4 is 23.5 Å². The summed E-state index contributed by atoms with van der Waals surface area (Å²) >= 11 is 0. The topological polar surface area (TPSA) is 141 Å². The van der Waals surface area contributed by atoms with Crippen LogP contribution in [-0.4, -0.2) is 132 Å². The van der Waals surface area contributed by atoms with Crippen molar-refractivity contribution in [3.63, 3.8) is 0 Å². The number of benzene rings is 1. The first-order valence-electron chi connectivity index (χ1n) is 16.9. The Morgan fingerprint density at radius 1 is 1.15 bits per heavy atom. The van der Waals surface area contributed by atoms with Crippen molar-refractivity contribution in [3.8, 4) is 0 Å². The fourth-order valence-electron chi connectivity index (χ4n) is 7.08.